The van der Waals surface area contributed by atoms with Crippen molar-refractivity contribution in [2.24, 2.45) is 0 Å². The van der Waals surface area contributed by atoms with E-state index in [9.17, 15) is 18.3 Å². The number of nitrogens with one attached hydrogen (secondary N) is 1. The Morgan fingerprint density at radius 1 is 1.27 bits per heavy atom. The molecule has 2 aromatic rings. The highest BCUT2D eigenvalue weighted by Gasteiger charge is 2.31. The molecule has 8 heteroatoms. The number of hydrogen-bond acceptors (Lipinski definition) is 5. The second kappa shape index (κ2) is 5.88. The molecule has 0 saturated carbocycles. The molecule has 22 heavy (non-hydrogen) atoms. The van der Waals surface area contributed by atoms with Crippen molar-refractivity contribution >= 4 is 5.82 Å². The summed E-state index contributed by atoms with van der Waals surface area (Å²) in [5.41, 5.74) is -1.28. The SMILES string of the molecule is Cc1ccc(C(C)(O)CNc2ccc(OC(F)(F)F)cn2)o1. The first-order chi connectivity index (χ1) is 10.2. The molecule has 1 unspecified atom stereocenters. The van der Waals surface area contributed by atoms with Gasteiger partial charge in [0.15, 0.2) is 0 Å². The van der Waals surface area contributed by atoms with Gasteiger partial charge in [-0.25, -0.2) is 4.98 Å². The van der Waals surface area contributed by atoms with Crippen LogP contribution in [0.1, 0.15) is 18.4 Å². The molecule has 120 valence electrons. The van der Waals surface area contributed by atoms with E-state index in [-0.39, 0.29) is 6.54 Å². The Balaban J connectivity index is 1.97. The van der Waals surface area contributed by atoms with Gasteiger partial charge in [0.05, 0.1) is 12.7 Å². The summed E-state index contributed by atoms with van der Waals surface area (Å²) in [6, 6.07) is 5.84. The summed E-state index contributed by atoms with van der Waals surface area (Å²) in [6.07, 6.45) is -3.81. The van der Waals surface area contributed by atoms with E-state index < -0.39 is 17.7 Å². The zero-order valence-electron chi connectivity index (χ0n) is 11.9. The zero-order chi connectivity index (χ0) is 16.4. The lowest BCUT2D eigenvalue weighted by Crippen LogP contribution is -2.30. The number of hydrogen-bond donors (Lipinski definition) is 2. The number of anilines is 1. The van der Waals surface area contributed by atoms with Crippen LogP contribution >= 0.6 is 0 Å². The van der Waals surface area contributed by atoms with Crippen LogP contribution in [0, 0.1) is 6.92 Å². The number of halogens is 3. The molecule has 5 nitrogen and oxygen atoms in total. The number of nitrogens with zero attached hydrogens (tertiary/aromatic N) is 1. The van der Waals surface area contributed by atoms with Gasteiger partial charge in [0.1, 0.15) is 28.7 Å². The van der Waals surface area contributed by atoms with Gasteiger partial charge in [-0.3, -0.25) is 0 Å². The summed E-state index contributed by atoms with van der Waals surface area (Å²) in [6.45, 7) is 3.39. The molecule has 0 radical (unpaired) electrons. The van der Waals surface area contributed by atoms with Crippen LogP contribution < -0.4 is 10.1 Å². The molecule has 0 aliphatic carbocycles. The maximum absolute atomic E-state index is 12.0. The Kier molecular flexibility index (Phi) is 4.32. The lowest BCUT2D eigenvalue weighted by atomic mass is 10.0. The van der Waals surface area contributed by atoms with Crippen molar-refractivity contribution in [2.45, 2.75) is 25.8 Å². The third-order valence-electron chi connectivity index (χ3n) is 2.85. The van der Waals surface area contributed by atoms with Crippen molar-refractivity contribution in [2.75, 3.05) is 11.9 Å². The van der Waals surface area contributed by atoms with E-state index in [1.54, 1.807) is 26.0 Å². The van der Waals surface area contributed by atoms with Crippen molar-refractivity contribution < 1.29 is 27.4 Å². The van der Waals surface area contributed by atoms with Crippen molar-refractivity contribution in [3.8, 4) is 5.75 Å². The number of pyridine rings is 1. The van der Waals surface area contributed by atoms with Crippen LogP contribution in [0.3, 0.4) is 0 Å². The number of ether oxygens (including phenoxy) is 1. The van der Waals surface area contributed by atoms with E-state index in [0.717, 1.165) is 12.3 Å². The summed E-state index contributed by atoms with van der Waals surface area (Å²) in [7, 11) is 0. The molecule has 2 rings (SSSR count). The van der Waals surface area contributed by atoms with E-state index in [1.165, 1.54) is 6.07 Å². The molecule has 0 aliphatic rings. The third kappa shape index (κ3) is 4.39. The Morgan fingerprint density at radius 2 is 2.00 bits per heavy atom. The molecule has 0 fully saturated rings. The van der Waals surface area contributed by atoms with Crippen LogP contribution in [0.5, 0.6) is 5.75 Å². The minimum Gasteiger partial charge on any atom is -0.463 e. The average Bonchev–Trinajstić information content (AvgIpc) is 2.84. The number of aromatic nitrogens is 1. The molecular weight excluding hydrogens is 301 g/mol. The molecule has 0 bridgehead atoms. The summed E-state index contributed by atoms with van der Waals surface area (Å²) in [4.78, 5) is 3.79. The number of rotatable bonds is 5. The molecular formula is C14H15F3N2O3. The summed E-state index contributed by atoms with van der Waals surface area (Å²) >= 11 is 0. The molecule has 0 saturated heterocycles. The van der Waals surface area contributed by atoms with Crippen molar-refractivity contribution in [3.05, 3.63) is 42.0 Å². The van der Waals surface area contributed by atoms with E-state index >= 15 is 0 Å². The summed E-state index contributed by atoms with van der Waals surface area (Å²) in [5.74, 6) is 0.945. The molecule has 1 atom stereocenters. The summed E-state index contributed by atoms with van der Waals surface area (Å²) in [5, 5.41) is 13.1. The van der Waals surface area contributed by atoms with Gasteiger partial charge >= 0.3 is 6.36 Å². The van der Waals surface area contributed by atoms with E-state index in [2.05, 4.69) is 15.0 Å². The number of furan rings is 1. The van der Waals surface area contributed by atoms with Gasteiger partial charge in [-0.1, -0.05) is 0 Å². The topological polar surface area (TPSA) is 67.5 Å². The van der Waals surface area contributed by atoms with Gasteiger partial charge in [-0.2, -0.15) is 0 Å². The molecule has 0 aromatic carbocycles. The zero-order valence-corrected chi connectivity index (χ0v) is 11.9. The second-order valence-electron chi connectivity index (χ2n) is 4.96. The summed E-state index contributed by atoms with van der Waals surface area (Å²) < 4.78 is 45.2. The molecule has 2 heterocycles. The van der Waals surface area contributed by atoms with Crippen LogP contribution in [-0.2, 0) is 5.60 Å². The van der Waals surface area contributed by atoms with Crippen LogP contribution in [0.4, 0.5) is 19.0 Å². The van der Waals surface area contributed by atoms with Gasteiger partial charge in [-0.05, 0) is 38.1 Å². The Bertz CT molecular complexity index is 621. The minimum absolute atomic E-state index is 0.0758. The van der Waals surface area contributed by atoms with Gasteiger partial charge in [0, 0.05) is 0 Å². The molecule has 2 N–H and O–H groups in total. The fraction of sp³-hybridized carbons (Fsp3) is 0.357. The van der Waals surface area contributed by atoms with Crippen LogP contribution in [-0.4, -0.2) is 23.0 Å². The average molecular weight is 316 g/mol. The number of aryl methyl sites for hydroxylation is 1. The first-order valence-corrected chi connectivity index (χ1v) is 6.41. The molecule has 2 aromatic heterocycles. The van der Waals surface area contributed by atoms with E-state index in [4.69, 9.17) is 4.42 Å². The van der Waals surface area contributed by atoms with Crippen molar-refractivity contribution in [3.63, 3.8) is 0 Å². The maximum atomic E-state index is 12.0. The van der Waals surface area contributed by atoms with Gasteiger partial charge in [0.25, 0.3) is 0 Å². The fourth-order valence-electron chi connectivity index (χ4n) is 1.75. The number of aliphatic hydroxyl groups is 1. The lowest BCUT2D eigenvalue weighted by Gasteiger charge is -2.21. The lowest BCUT2D eigenvalue weighted by molar-refractivity contribution is -0.274. The third-order valence-corrected chi connectivity index (χ3v) is 2.85. The van der Waals surface area contributed by atoms with Crippen molar-refractivity contribution in [1.82, 2.24) is 4.98 Å². The Labute approximate surface area is 124 Å². The monoisotopic (exact) mass is 316 g/mol. The fourth-order valence-corrected chi connectivity index (χ4v) is 1.75. The van der Waals surface area contributed by atoms with Crippen LogP contribution in [0.2, 0.25) is 0 Å². The predicted molar refractivity (Wildman–Crippen MR) is 72.4 cm³/mol. The quantitative estimate of drug-likeness (QED) is 0.886. The highest BCUT2D eigenvalue weighted by molar-refractivity contribution is 5.38. The first kappa shape index (κ1) is 16.2. The molecule has 0 spiro atoms. The number of alkyl halides is 3. The van der Waals surface area contributed by atoms with Gasteiger partial charge in [0.2, 0.25) is 0 Å². The van der Waals surface area contributed by atoms with Gasteiger partial charge in [-0.15, -0.1) is 13.2 Å². The second-order valence-corrected chi connectivity index (χ2v) is 4.96. The maximum Gasteiger partial charge on any atom is 0.573 e. The largest absolute Gasteiger partial charge is 0.573 e. The van der Waals surface area contributed by atoms with Crippen LogP contribution in [0.15, 0.2) is 34.9 Å². The molecule has 0 amide bonds. The van der Waals surface area contributed by atoms with Gasteiger partial charge < -0.3 is 19.6 Å². The Morgan fingerprint density at radius 3 is 2.50 bits per heavy atom. The Hall–Kier alpha value is -2.22. The molecule has 0 aliphatic heterocycles. The smallest absolute Gasteiger partial charge is 0.463 e. The van der Waals surface area contributed by atoms with E-state index in [0.29, 0.717) is 17.3 Å². The highest BCUT2D eigenvalue weighted by atomic mass is 19.4. The normalized spacial score (nSPS) is 14.5. The predicted octanol–water partition coefficient (Wildman–Crippen LogP) is 3.20. The minimum atomic E-state index is -4.75. The van der Waals surface area contributed by atoms with E-state index in [1.807, 2.05) is 0 Å². The van der Waals surface area contributed by atoms with Crippen LogP contribution in [0.25, 0.3) is 0 Å². The van der Waals surface area contributed by atoms with Crippen molar-refractivity contribution in [1.29, 1.82) is 0 Å². The highest BCUT2D eigenvalue weighted by Crippen LogP contribution is 2.25. The standard InChI is InChI=1S/C14H15F3N2O3/c1-9-3-5-11(21-9)13(2,20)8-19-12-6-4-10(7-18-12)22-14(15,16)17/h3-7,20H,8H2,1-2H3,(H,18,19). The first-order valence-electron chi connectivity index (χ1n) is 6.41.